The first-order chi connectivity index (χ1) is 4.57. The Labute approximate surface area is 59.2 Å². The minimum absolute atomic E-state index is 0.442. The summed E-state index contributed by atoms with van der Waals surface area (Å²) in [5.74, 6) is -0.630. The molecule has 0 fully saturated rings. The molecule has 0 aliphatic carbocycles. The summed E-state index contributed by atoms with van der Waals surface area (Å²) in [6.07, 6.45) is -1.35. The van der Waals surface area contributed by atoms with Crippen molar-refractivity contribution in [3.63, 3.8) is 0 Å². The predicted octanol–water partition coefficient (Wildman–Crippen LogP) is -1.01. The number of nitrogens with one attached hydrogen (secondary N) is 1. The molecule has 0 saturated carbocycles. The lowest BCUT2D eigenvalue weighted by molar-refractivity contribution is -0.130. The van der Waals surface area contributed by atoms with Crippen molar-refractivity contribution >= 4 is 5.91 Å². The first-order valence-electron chi connectivity index (χ1n) is 2.83. The van der Waals surface area contributed by atoms with E-state index in [-0.39, 0.29) is 0 Å². The summed E-state index contributed by atoms with van der Waals surface area (Å²) >= 11 is 0. The zero-order valence-corrected chi connectivity index (χ0v) is 5.79. The van der Waals surface area contributed by atoms with Gasteiger partial charge >= 0.3 is 0 Å². The molecule has 0 spiro atoms. The molecule has 1 unspecified atom stereocenters. The number of allylic oxidation sites excluding steroid dienone is 1. The zero-order valence-electron chi connectivity index (χ0n) is 5.79. The average molecular weight is 145 g/mol. The maximum Gasteiger partial charge on any atom is 0.255 e. The summed E-state index contributed by atoms with van der Waals surface area (Å²) in [6, 6.07) is 0. The van der Waals surface area contributed by atoms with Gasteiger partial charge < -0.3 is 15.5 Å². The second-order valence-corrected chi connectivity index (χ2v) is 1.97. The summed E-state index contributed by atoms with van der Waals surface area (Å²) in [5.41, 5.74) is 0.442. The Morgan fingerprint density at radius 2 is 2.30 bits per heavy atom. The van der Waals surface area contributed by atoms with Crippen molar-refractivity contribution in [1.29, 1.82) is 0 Å². The maximum absolute atomic E-state index is 10.6. The first kappa shape index (κ1) is 9.13. The second kappa shape index (κ2) is 4.03. The van der Waals surface area contributed by atoms with E-state index in [9.17, 15) is 4.79 Å². The van der Waals surface area contributed by atoms with Crippen LogP contribution in [0.25, 0.3) is 0 Å². The van der Waals surface area contributed by atoms with E-state index in [0.29, 0.717) is 5.70 Å². The summed E-state index contributed by atoms with van der Waals surface area (Å²) < 4.78 is 0. The lowest BCUT2D eigenvalue weighted by atomic mass is 10.3. The number of aliphatic hydroxyl groups excluding tert-OH is 2. The van der Waals surface area contributed by atoms with Crippen LogP contribution >= 0.6 is 0 Å². The van der Waals surface area contributed by atoms with E-state index in [2.05, 4.69) is 11.9 Å². The van der Waals surface area contributed by atoms with Gasteiger partial charge in [-0.3, -0.25) is 4.79 Å². The Bertz CT molecular complexity index is 144. The standard InChI is InChI=1S/C6H11NO3/c1-4(2)7-6(10)5(9)3-8/h5,8-9H,1,3H2,2H3,(H,7,10). The number of hydrogen-bond donors (Lipinski definition) is 3. The van der Waals surface area contributed by atoms with Gasteiger partial charge in [0.05, 0.1) is 6.61 Å². The number of hydrogen-bond acceptors (Lipinski definition) is 3. The van der Waals surface area contributed by atoms with E-state index >= 15 is 0 Å². The van der Waals surface area contributed by atoms with Gasteiger partial charge in [-0.25, -0.2) is 0 Å². The Morgan fingerprint density at radius 1 is 1.80 bits per heavy atom. The lowest BCUT2D eigenvalue weighted by Crippen LogP contribution is -2.35. The quantitative estimate of drug-likeness (QED) is 0.476. The van der Waals surface area contributed by atoms with E-state index < -0.39 is 18.6 Å². The molecule has 0 rings (SSSR count). The van der Waals surface area contributed by atoms with Gasteiger partial charge in [0.25, 0.3) is 5.91 Å². The molecule has 0 radical (unpaired) electrons. The van der Waals surface area contributed by atoms with Crippen molar-refractivity contribution in [3.05, 3.63) is 12.3 Å². The summed E-state index contributed by atoms with van der Waals surface area (Å²) in [5, 5.41) is 19.2. The fourth-order valence-electron chi connectivity index (χ4n) is 0.377. The molecule has 0 aliphatic heterocycles. The van der Waals surface area contributed by atoms with Crippen molar-refractivity contribution in [3.8, 4) is 0 Å². The molecule has 0 aromatic rings. The third kappa shape index (κ3) is 3.21. The van der Waals surface area contributed by atoms with Gasteiger partial charge in [0.15, 0.2) is 6.10 Å². The van der Waals surface area contributed by atoms with Crippen LogP contribution in [0.15, 0.2) is 12.3 Å². The molecule has 4 nitrogen and oxygen atoms in total. The highest BCUT2D eigenvalue weighted by Gasteiger charge is 2.11. The Kier molecular flexibility index (Phi) is 3.68. The molecule has 0 aromatic carbocycles. The van der Waals surface area contributed by atoms with Crippen molar-refractivity contribution in [1.82, 2.24) is 5.32 Å². The molecule has 0 saturated heterocycles. The van der Waals surface area contributed by atoms with Crippen molar-refractivity contribution in [2.24, 2.45) is 0 Å². The van der Waals surface area contributed by atoms with Crippen LogP contribution in [0.4, 0.5) is 0 Å². The van der Waals surface area contributed by atoms with E-state index in [0.717, 1.165) is 0 Å². The zero-order chi connectivity index (χ0) is 8.15. The second-order valence-electron chi connectivity index (χ2n) is 1.97. The van der Waals surface area contributed by atoms with E-state index in [1.807, 2.05) is 0 Å². The molecule has 1 amide bonds. The third-order valence-electron chi connectivity index (χ3n) is 0.812. The number of amides is 1. The smallest absolute Gasteiger partial charge is 0.255 e. The topological polar surface area (TPSA) is 69.6 Å². The molecule has 1 atom stereocenters. The number of rotatable bonds is 3. The summed E-state index contributed by atoms with van der Waals surface area (Å²) in [7, 11) is 0. The fraction of sp³-hybridized carbons (Fsp3) is 0.500. The van der Waals surface area contributed by atoms with Crippen LogP contribution in [-0.4, -0.2) is 28.8 Å². The van der Waals surface area contributed by atoms with Gasteiger partial charge in [0.2, 0.25) is 0 Å². The van der Waals surface area contributed by atoms with Crippen LogP contribution in [-0.2, 0) is 4.79 Å². The van der Waals surface area contributed by atoms with Crippen LogP contribution in [0.1, 0.15) is 6.92 Å². The molecule has 3 N–H and O–H groups in total. The summed E-state index contributed by atoms with van der Waals surface area (Å²) in [4.78, 5) is 10.6. The minimum atomic E-state index is -1.35. The van der Waals surface area contributed by atoms with E-state index in [1.54, 1.807) is 6.92 Å². The monoisotopic (exact) mass is 145 g/mol. The van der Waals surface area contributed by atoms with Crippen molar-refractivity contribution in [2.45, 2.75) is 13.0 Å². The van der Waals surface area contributed by atoms with Gasteiger partial charge in [-0.2, -0.15) is 0 Å². The van der Waals surface area contributed by atoms with Gasteiger partial charge in [-0.05, 0) is 6.92 Å². The minimum Gasteiger partial charge on any atom is -0.393 e. The van der Waals surface area contributed by atoms with Crippen LogP contribution in [0, 0.1) is 0 Å². The Hall–Kier alpha value is -0.870. The molecular formula is C6H11NO3. The lowest BCUT2D eigenvalue weighted by Gasteiger charge is -2.06. The molecule has 4 heteroatoms. The number of aliphatic hydroxyl groups is 2. The van der Waals surface area contributed by atoms with Crippen LogP contribution in [0.3, 0.4) is 0 Å². The third-order valence-corrected chi connectivity index (χ3v) is 0.812. The average Bonchev–Trinajstić information content (AvgIpc) is 1.85. The normalized spacial score (nSPS) is 12.3. The molecule has 0 aromatic heterocycles. The molecular weight excluding hydrogens is 134 g/mol. The predicted molar refractivity (Wildman–Crippen MR) is 36.0 cm³/mol. The summed E-state index contributed by atoms with van der Waals surface area (Å²) in [6.45, 7) is 4.40. The largest absolute Gasteiger partial charge is 0.393 e. The highest BCUT2D eigenvalue weighted by atomic mass is 16.3. The molecule has 0 aliphatic rings. The molecule has 58 valence electrons. The van der Waals surface area contributed by atoms with Gasteiger partial charge in [0.1, 0.15) is 0 Å². The van der Waals surface area contributed by atoms with Crippen LogP contribution < -0.4 is 5.32 Å². The Morgan fingerprint density at radius 3 is 2.60 bits per heavy atom. The fourth-order valence-corrected chi connectivity index (χ4v) is 0.377. The van der Waals surface area contributed by atoms with Crippen LogP contribution in [0.2, 0.25) is 0 Å². The molecule has 10 heavy (non-hydrogen) atoms. The highest BCUT2D eigenvalue weighted by Crippen LogP contribution is 1.84. The van der Waals surface area contributed by atoms with Crippen molar-refractivity contribution < 1.29 is 15.0 Å². The maximum atomic E-state index is 10.6. The first-order valence-corrected chi connectivity index (χ1v) is 2.83. The SMILES string of the molecule is C=C(C)NC(=O)C(O)CO. The molecule has 0 bridgehead atoms. The van der Waals surface area contributed by atoms with E-state index in [4.69, 9.17) is 10.2 Å². The van der Waals surface area contributed by atoms with Crippen molar-refractivity contribution in [2.75, 3.05) is 6.61 Å². The molecule has 0 heterocycles. The van der Waals surface area contributed by atoms with Crippen LogP contribution in [0.5, 0.6) is 0 Å². The van der Waals surface area contributed by atoms with Gasteiger partial charge in [0, 0.05) is 5.70 Å². The van der Waals surface area contributed by atoms with E-state index in [1.165, 1.54) is 0 Å². The highest BCUT2D eigenvalue weighted by molar-refractivity contribution is 5.81. The number of carbonyl (C=O) groups is 1. The Balaban J connectivity index is 3.73. The van der Waals surface area contributed by atoms with Gasteiger partial charge in [-0.15, -0.1) is 0 Å². The number of carbonyl (C=O) groups excluding carboxylic acids is 1. The van der Waals surface area contributed by atoms with Gasteiger partial charge in [-0.1, -0.05) is 6.58 Å².